The van der Waals surface area contributed by atoms with Crippen LogP contribution in [0.5, 0.6) is 0 Å². The number of amides is 1. The number of hydrogen-bond donors (Lipinski definition) is 0. The fourth-order valence-corrected chi connectivity index (χ4v) is 3.72. The molecule has 0 saturated carbocycles. The molecule has 2 aliphatic heterocycles. The van der Waals surface area contributed by atoms with Crippen LogP contribution in [0.1, 0.15) is 59.3 Å². The lowest BCUT2D eigenvalue weighted by Crippen LogP contribution is -2.48. The highest BCUT2D eigenvalue weighted by Gasteiger charge is 2.45. The van der Waals surface area contributed by atoms with Crippen molar-refractivity contribution < 1.29 is 19.1 Å². The van der Waals surface area contributed by atoms with E-state index in [4.69, 9.17) is 9.47 Å². The molecule has 1 unspecified atom stereocenters. The number of allylic oxidation sites excluding steroid dienone is 1. The summed E-state index contributed by atoms with van der Waals surface area (Å²) >= 11 is 0. The molecule has 0 bridgehead atoms. The Morgan fingerprint density at radius 2 is 2.00 bits per heavy atom. The molecule has 0 spiro atoms. The number of nitrogens with zero attached hydrogens (tertiary/aromatic N) is 1. The van der Waals surface area contributed by atoms with Gasteiger partial charge in [-0.3, -0.25) is 9.59 Å². The van der Waals surface area contributed by atoms with Gasteiger partial charge in [0.05, 0.1) is 18.1 Å². The standard InChI is InChI=1S/C20H33NO4/c1-4-24-19(23)20(15-17-7-5-6-14-25-17)10-12-21(13-11-20)18(22)9-8-16(2)3/h8-9,16-17H,4-7,10-15H2,1-3H3. The SMILES string of the molecule is CCOC(=O)C1(CC2CCCCO2)CCN(C(=O)C=CC(C)C)CC1. The lowest BCUT2D eigenvalue weighted by atomic mass is 9.73. The molecule has 2 fully saturated rings. The van der Waals surface area contributed by atoms with Crippen molar-refractivity contribution in [1.29, 1.82) is 0 Å². The van der Waals surface area contributed by atoms with E-state index in [1.54, 1.807) is 6.08 Å². The third-order valence-corrected chi connectivity index (χ3v) is 5.26. The molecule has 2 heterocycles. The largest absolute Gasteiger partial charge is 0.466 e. The molecule has 1 atom stereocenters. The van der Waals surface area contributed by atoms with Crippen LogP contribution >= 0.6 is 0 Å². The first-order chi connectivity index (χ1) is 12.0. The second-order valence-electron chi connectivity index (χ2n) is 7.62. The van der Waals surface area contributed by atoms with Gasteiger partial charge in [0, 0.05) is 19.7 Å². The minimum atomic E-state index is -0.503. The van der Waals surface area contributed by atoms with Gasteiger partial charge in [-0.1, -0.05) is 19.9 Å². The third kappa shape index (κ3) is 5.56. The molecule has 0 N–H and O–H groups in total. The van der Waals surface area contributed by atoms with Gasteiger partial charge in [0.2, 0.25) is 5.91 Å². The number of rotatable bonds is 6. The molecule has 142 valence electrons. The van der Waals surface area contributed by atoms with Crippen molar-refractivity contribution in [2.24, 2.45) is 11.3 Å². The summed E-state index contributed by atoms with van der Waals surface area (Å²) in [7, 11) is 0. The van der Waals surface area contributed by atoms with Crippen molar-refractivity contribution in [2.75, 3.05) is 26.3 Å². The fraction of sp³-hybridized carbons (Fsp3) is 0.800. The van der Waals surface area contributed by atoms with Gasteiger partial charge >= 0.3 is 5.97 Å². The highest BCUT2D eigenvalue weighted by Crippen LogP contribution is 2.40. The van der Waals surface area contributed by atoms with Crippen LogP contribution in [0.25, 0.3) is 0 Å². The number of carbonyl (C=O) groups is 2. The van der Waals surface area contributed by atoms with Crippen LogP contribution in [0, 0.1) is 11.3 Å². The summed E-state index contributed by atoms with van der Waals surface area (Å²) in [4.78, 5) is 26.8. The zero-order chi connectivity index (χ0) is 18.3. The van der Waals surface area contributed by atoms with Crippen molar-refractivity contribution in [3.8, 4) is 0 Å². The number of esters is 1. The zero-order valence-corrected chi connectivity index (χ0v) is 16.0. The summed E-state index contributed by atoms with van der Waals surface area (Å²) in [6, 6.07) is 0. The van der Waals surface area contributed by atoms with Crippen LogP contribution in [-0.2, 0) is 19.1 Å². The Hall–Kier alpha value is -1.36. The number of piperidine rings is 1. The average Bonchev–Trinajstić information content (AvgIpc) is 2.61. The van der Waals surface area contributed by atoms with Crippen molar-refractivity contribution >= 4 is 11.9 Å². The highest BCUT2D eigenvalue weighted by molar-refractivity contribution is 5.88. The Labute approximate surface area is 151 Å². The molecule has 5 nitrogen and oxygen atoms in total. The summed E-state index contributed by atoms with van der Waals surface area (Å²) in [5.41, 5.74) is -0.503. The Balaban J connectivity index is 2.01. The molecule has 5 heteroatoms. The Morgan fingerprint density at radius 1 is 1.28 bits per heavy atom. The van der Waals surface area contributed by atoms with E-state index >= 15 is 0 Å². The summed E-state index contributed by atoms with van der Waals surface area (Å²) in [6.07, 6.45) is 9.04. The summed E-state index contributed by atoms with van der Waals surface area (Å²) in [5, 5.41) is 0. The first-order valence-electron chi connectivity index (χ1n) is 9.73. The lowest BCUT2D eigenvalue weighted by Gasteiger charge is -2.41. The van der Waals surface area contributed by atoms with E-state index in [0.29, 0.717) is 38.5 Å². The molecule has 0 aliphatic carbocycles. The summed E-state index contributed by atoms with van der Waals surface area (Å²) in [6.45, 7) is 8.34. The molecule has 2 aliphatic rings. The van der Waals surface area contributed by atoms with E-state index in [9.17, 15) is 9.59 Å². The average molecular weight is 351 g/mol. The Morgan fingerprint density at radius 3 is 2.56 bits per heavy atom. The van der Waals surface area contributed by atoms with Crippen LogP contribution in [-0.4, -0.2) is 49.2 Å². The normalized spacial score (nSPS) is 23.8. The molecule has 1 amide bonds. The van der Waals surface area contributed by atoms with E-state index in [0.717, 1.165) is 32.3 Å². The van der Waals surface area contributed by atoms with Crippen molar-refractivity contribution in [3.05, 3.63) is 12.2 Å². The van der Waals surface area contributed by atoms with E-state index in [1.165, 1.54) is 0 Å². The van der Waals surface area contributed by atoms with Crippen LogP contribution in [0.15, 0.2) is 12.2 Å². The minimum absolute atomic E-state index is 0.0417. The smallest absolute Gasteiger partial charge is 0.312 e. The van der Waals surface area contributed by atoms with Gasteiger partial charge in [0.15, 0.2) is 0 Å². The first kappa shape index (κ1) is 20.0. The first-order valence-corrected chi connectivity index (χ1v) is 9.73. The van der Waals surface area contributed by atoms with Gasteiger partial charge in [0.1, 0.15) is 0 Å². The maximum Gasteiger partial charge on any atom is 0.312 e. The van der Waals surface area contributed by atoms with Crippen LogP contribution in [0.2, 0.25) is 0 Å². The molecule has 2 saturated heterocycles. The predicted molar refractivity (Wildman–Crippen MR) is 97.1 cm³/mol. The molecular weight excluding hydrogens is 318 g/mol. The number of hydrogen-bond acceptors (Lipinski definition) is 4. The van der Waals surface area contributed by atoms with Crippen LogP contribution < -0.4 is 0 Å². The Bertz CT molecular complexity index is 472. The van der Waals surface area contributed by atoms with Crippen LogP contribution in [0.3, 0.4) is 0 Å². The van der Waals surface area contributed by atoms with Crippen LogP contribution in [0.4, 0.5) is 0 Å². The molecular formula is C20H33NO4. The molecule has 2 rings (SSSR count). The monoisotopic (exact) mass is 351 g/mol. The number of likely N-dealkylation sites (tertiary alicyclic amines) is 1. The summed E-state index contributed by atoms with van der Waals surface area (Å²) in [5.74, 6) is 0.282. The van der Waals surface area contributed by atoms with E-state index in [-0.39, 0.29) is 18.0 Å². The second kappa shape index (κ2) is 9.37. The van der Waals surface area contributed by atoms with Crippen molar-refractivity contribution in [3.63, 3.8) is 0 Å². The van der Waals surface area contributed by atoms with Gasteiger partial charge in [-0.15, -0.1) is 0 Å². The molecule has 0 radical (unpaired) electrons. The van der Waals surface area contributed by atoms with Gasteiger partial charge in [-0.2, -0.15) is 0 Å². The zero-order valence-electron chi connectivity index (χ0n) is 16.0. The van der Waals surface area contributed by atoms with Crippen molar-refractivity contribution in [2.45, 2.75) is 65.4 Å². The van der Waals surface area contributed by atoms with Gasteiger partial charge < -0.3 is 14.4 Å². The minimum Gasteiger partial charge on any atom is -0.466 e. The van der Waals surface area contributed by atoms with E-state index in [1.807, 2.05) is 17.9 Å². The van der Waals surface area contributed by atoms with E-state index < -0.39 is 5.41 Å². The van der Waals surface area contributed by atoms with Crippen molar-refractivity contribution in [1.82, 2.24) is 4.90 Å². The van der Waals surface area contributed by atoms with Gasteiger partial charge in [-0.05, 0) is 57.4 Å². The summed E-state index contributed by atoms with van der Waals surface area (Å²) < 4.78 is 11.3. The molecule has 0 aromatic heterocycles. The second-order valence-corrected chi connectivity index (χ2v) is 7.62. The molecule has 0 aromatic rings. The van der Waals surface area contributed by atoms with Gasteiger partial charge in [0.25, 0.3) is 0 Å². The highest BCUT2D eigenvalue weighted by atomic mass is 16.5. The molecule has 0 aromatic carbocycles. The predicted octanol–water partition coefficient (Wildman–Crippen LogP) is 3.33. The maximum atomic E-state index is 12.7. The fourth-order valence-electron chi connectivity index (χ4n) is 3.72. The lowest BCUT2D eigenvalue weighted by molar-refractivity contribution is -0.163. The maximum absolute atomic E-state index is 12.7. The number of carbonyl (C=O) groups excluding carboxylic acids is 2. The topological polar surface area (TPSA) is 55.8 Å². The molecule has 25 heavy (non-hydrogen) atoms. The van der Waals surface area contributed by atoms with E-state index in [2.05, 4.69) is 13.8 Å². The third-order valence-electron chi connectivity index (χ3n) is 5.26. The van der Waals surface area contributed by atoms with Gasteiger partial charge in [-0.25, -0.2) is 0 Å². The Kier molecular flexibility index (Phi) is 7.48. The number of ether oxygens (including phenoxy) is 2. The quantitative estimate of drug-likeness (QED) is 0.544.